The van der Waals surface area contributed by atoms with Crippen molar-refractivity contribution in [3.63, 3.8) is 0 Å². The molecule has 0 saturated heterocycles. The van der Waals surface area contributed by atoms with E-state index in [0.717, 1.165) is 11.3 Å². The average molecular weight is 406 g/mol. The zero-order valence-corrected chi connectivity index (χ0v) is 16.7. The number of nitrogens with one attached hydrogen (secondary N) is 1. The molecule has 3 rings (SSSR count). The lowest BCUT2D eigenvalue weighted by Gasteiger charge is -2.20. The standard InChI is InChI=1S/C23H22N2O5/c1-29-22-13-10-17(14-23(22)30-2)21(26)15-20(24-18-6-4-3-5-7-18)16-8-11-19(12-9-16)25(27)28/h3-14,20,24H,15H2,1-2H3. The molecule has 1 N–H and O–H groups in total. The van der Waals surface area contributed by atoms with Gasteiger partial charge in [0.05, 0.1) is 25.2 Å². The summed E-state index contributed by atoms with van der Waals surface area (Å²) >= 11 is 0. The van der Waals surface area contributed by atoms with Crippen molar-refractivity contribution in [1.82, 2.24) is 0 Å². The van der Waals surface area contributed by atoms with Crippen molar-refractivity contribution >= 4 is 17.2 Å². The van der Waals surface area contributed by atoms with Crippen molar-refractivity contribution < 1.29 is 19.2 Å². The largest absolute Gasteiger partial charge is 0.493 e. The fraction of sp³-hybridized carbons (Fsp3) is 0.174. The van der Waals surface area contributed by atoms with Crippen LogP contribution in [-0.4, -0.2) is 24.9 Å². The molecule has 0 radical (unpaired) electrons. The zero-order chi connectivity index (χ0) is 21.5. The molecule has 0 amide bonds. The fourth-order valence-corrected chi connectivity index (χ4v) is 3.13. The molecule has 0 aliphatic rings. The molecule has 7 nitrogen and oxygen atoms in total. The summed E-state index contributed by atoms with van der Waals surface area (Å²) in [6.07, 6.45) is 0.155. The van der Waals surface area contributed by atoms with E-state index in [9.17, 15) is 14.9 Å². The Morgan fingerprint density at radius 1 is 0.967 bits per heavy atom. The Balaban J connectivity index is 1.88. The minimum atomic E-state index is -0.446. The molecule has 1 atom stereocenters. The number of methoxy groups -OCH3 is 2. The predicted octanol–water partition coefficient (Wildman–Crippen LogP) is 5.04. The smallest absolute Gasteiger partial charge is 0.269 e. The van der Waals surface area contributed by atoms with Gasteiger partial charge in [0, 0.05) is 29.8 Å². The van der Waals surface area contributed by atoms with Gasteiger partial charge in [0.2, 0.25) is 0 Å². The molecule has 0 saturated carbocycles. The Morgan fingerprint density at radius 3 is 2.23 bits per heavy atom. The highest BCUT2D eigenvalue weighted by Crippen LogP contribution is 2.30. The minimum absolute atomic E-state index is 0.00317. The molecule has 154 valence electrons. The second-order valence-corrected chi connectivity index (χ2v) is 6.61. The van der Waals surface area contributed by atoms with Gasteiger partial charge in [0.1, 0.15) is 0 Å². The lowest BCUT2D eigenvalue weighted by Crippen LogP contribution is -2.16. The highest BCUT2D eigenvalue weighted by atomic mass is 16.6. The van der Waals surface area contributed by atoms with Crippen molar-refractivity contribution in [3.05, 3.63) is 94.0 Å². The number of ketones is 1. The van der Waals surface area contributed by atoms with Crippen LogP contribution in [0, 0.1) is 10.1 Å². The second kappa shape index (κ2) is 9.56. The van der Waals surface area contributed by atoms with Gasteiger partial charge in [-0.2, -0.15) is 0 Å². The number of nitro benzene ring substituents is 1. The van der Waals surface area contributed by atoms with Gasteiger partial charge < -0.3 is 14.8 Å². The summed E-state index contributed by atoms with van der Waals surface area (Å²) in [5.74, 6) is 0.928. The van der Waals surface area contributed by atoms with Gasteiger partial charge in [-0.1, -0.05) is 30.3 Å². The maximum atomic E-state index is 13.0. The molecule has 0 fully saturated rings. The van der Waals surface area contributed by atoms with E-state index >= 15 is 0 Å². The molecule has 3 aromatic carbocycles. The average Bonchev–Trinajstić information content (AvgIpc) is 2.78. The van der Waals surface area contributed by atoms with Crippen LogP contribution in [0.1, 0.15) is 28.4 Å². The number of non-ortho nitro benzene ring substituents is 1. The van der Waals surface area contributed by atoms with E-state index in [1.807, 2.05) is 30.3 Å². The summed E-state index contributed by atoms with van der Waals surface area (Å²) in [5.41, 5.74) is 2.12. The Labute approximate surface area is 174 Å². The van der Waals surface area contributed by atoms with Crippen LogP contribution in [0.25, 0.3) is 0 Å². The zero-order valence-electron chi connectivity index (χ0n) is 16.7. The number of ether oxygens (including phenoxy) is 2. The van der Waals surface area contributed by atoms with Gasteiger partial charge in [0.15, 0.2) is 17.3 Å². The molecule has 1 unspecified atom stereocenters. The number of hydrogen-bond donors (Lipinski definition) is 1. The normalized spacial score (nSPS) is 11.4. The number of nitro groups is 1. The highest BCUT2D eigenvalue weighted by molar-refractivity contribution is 5.97. The molecular formula is C23H22N2O5. The van der Waals surface area contributed by atoms with Gasteiger partial charge in [-0.3, -0.25) is 14.9 Å². The predicted molar refractivity (Wildman–Crippen MR) is 114 cm³/mol. The first-order chi connectivity index (χ1) is 14.5. The lowest BCUT2D eigenvalue weighted by molar-refractivity contribution is -0.384. The van der Waals surface area contributed by atoms with Crippen LogP contribution in [-0.2, 0) is 0 Å². The van der Waals surface area contributed by atoms with E-state index in [0.29, 0.717) is 17.1 Å². The van der Waals surface area contributed by atoms with E-state index in [1.165, 1.54) is 26.4 Å². The first-order valence-electron chi connectivity index (χ1n) is 9.33. The van der Waals surface area contributed by atoms with Crippen LogP contribution in [0.3, 0.4) is 0 Å². The molecule has 0 bridgehead atoms. The molecule has 30 heavy (non-hydrogen) atoms. The van der Waals surface area contributed by atoms with Crippen LogP contribution in [0.15, 0.2) is 72.8 Å². The molecule has 0 aromatic heterocycles. The quantitative estimate of drug-likeness (QED) is 0.304. The number of benzene rings is 3. The highest BCUT2D eigenvalue weighted by Gasteiger charge is 2.20. The first-order valence-corrected chi connectivity index (χ1v) is 9.33. The summed E-state index contributed by atoms with van der Waals surface area (Å²) in [7, 11) is 3.05. The SMILES string of the molecule is COc1ccc(C(=O)CC(Nc2ccccc2)c2ccc([N+](=O)[O-])cc2)cc1OC. The molecular weight excluding hydrogens is 384 g/mol. The monoisotopic (exact) mass is 406 g/mol. The van der Waals surface area contributed by atoms with E-state index in [2.05, 4.69) is 5.32 Å². The number of rotatable bonds is 9. The van der Waals surface area contributed by atoms with Crippen molar-refractivity contribution in [3.8, 4) is 11.5 Å². The second-order valence-electron chi connectivity index (χ2n) is 6.61. The first kappa shape index (κ1) is 20.9. The third-order valence-corrected chi connectivity index (χ3v) is 4.72. The number of Topliss-reactive ketones (excluding diaryl/α,β-unsaturated/α-hetero) is 1. The lowest BCUT2D eigenvalue weighted by atomic mass is 9.97. The Bertz CT molecular complexity index is 1020. The molecule has 0 spiro atoms. The number of hydrogen-bond acceptors (Lipinski definition) is 6. The van der Waals surface area contributed by atoms with E-state index < -0.39 is 4.92 Å². The van der Waals surface area contributed by atoms with Gasteiger partial charge in [-0.15, -0.1) is 0 Å². The number of anilines is 1. The van der Waals surface area contributed by atoms with Gasteiger partial charge in [0.25, 0.3) is 5.69 Å². The summed E-state index contributed by atoms with van der Waals surface area (Å²) in [4.78, 5) is 23.5. The molecule has 7 heteroatoms. The summed E-state index contributed by atoms with van der Waals surface area (Å²) in [6, 6.07) is 20.4. The third kappa shape index (κ3) is 4.94. The van der Waals surface area contributed by atoms with Gasteiger partial charge >= 0.3 is 0 Å². The Morgan fingerprint density at radius 2 is 1.63 bits per heavy atom. The van der Waals surface area contributed by atoms with Crippen LogP contribution in [0.2, 0.25) is 0 Å². The number of carbonyl (C=O) groups excluding carboxylic acids is 1. The maximum absolute atomic E-state index is 13.0. The van der Waals surface area contributed by atoms with E-state index in [1.54, 1.807) is 30.3 Å². The van der Waals surface area contributed by atoms with Gasteiger partial charge in [-0.25, -0.2) is 0 Å². The Hall–Kier alpha value is -3.87. The van der Waals surface area contributed by atoms with Gasteiger partial charge in [-0.05, 0) is 35.9 Å². The Kier molecular flexibility index (Phi) is 6.64. The summed E-state index contributed by atoms with van der Waals surface area (Å²) in [5, 5.41) is 14.3. The van der Waals surface area contributed by atoms with Crippen LogP contribution in [0.4, 0.5) is 11.4 Å². The topological polar surface area (TPSA) is 90.7 Å². The van der Waals surface area contributed by atoms with Crippen LogP contribution >= 0.6 is 0 Å². The van der Waals surface area contributed by atoms with Crippen molar-refractivity contribution in [2.75, 3.05) is 19.5 Å². The number of nitrogens with zero attached hydrogens (tertiary/aromatic N) is 1. The third-order valence-electron chi connectivity index (χ3n) is 4.72. The maximum Gasteiger partial charge on any atom is 0.269 e. The molecule has 3 aromatic rings. The van der Waals surface area contributed by atoms with Crippen LogP contribution in [0.5, 0.6) is 11.5 Å². The van der Waals surface area contributed by atoms with Crippen LogP contribution < -0.4 is 14.8 Å². The number of para-hydroxylation sites is 1. The van der Waals surface area contributed by atoms with E-state index in [-0.39, 0.29) is 23.9 Å². The van der Waals surface area contributed by atoms with Crippen molar-refractivity contribution in [1.29, 1.82) is 0 Å². The molecule has 0 heterocycles. The fourth-order valence-electron chi connectivity index (χ4n) is 3.13. The van der Waals surface area contributed by atoms with E-state index in [4.69, 9.17) is 9.47 Å². The summed E-state index contributed by atoms with van der Waals surface area (Å²) < 4.78 is 10.5. The summed E-state index contributed by atoms with van der Waals surface area (Å²) in [6.45, 7) is 0. The van der Waals surface area contributed by atoms with Crippen molar-refractivity contribution in [2.24, 2.45) is 0 Å². The molecule has 0 aliphatic carbocycles. The molecule has 0 aliphatic heterocycles. The minimum Gasteiger partial charge on any atom is -0.493 e. The van der Waals surface area contributed by atoms with Crippen molar-refractivity contribution in [2.45, 2.75) is 12.5 Å². The number of carbonyl (C=O) groups is 1.